The van der Waals surface area contributed by atoms with Crippen LogP contribution in [0.5, 0.6) is 0 Å². The average Bonchev–Trinajstić information content (AvgIpc) is 2.17. The third-order valence-electron chi connectivity index (χ3n) is 2.10. The van der Waals surface area contributed by atoms with Crippen LogP contribution in [0.4, 0.5) is 0 Å². The first-order chi connectivity index (χ1) is 7.35. The summed E-state index contributed by atoms with van der Waals surface area (Å²) in [5, 5.41) is 0. The van der Waals surface area contributed by atoms with E-state index in [9.17, 15) is 13.2 Å². The molecule has 0 fully saturated rings. The lowest BCUT2D eigenvalue weighted by molar-refractivity contribution is -0.117. The van der Waals surface area contributed by atoms with Crippen molar-refractivity contribution in [2.75, 3.05) is 14.1 Å². The lowest BCUT2D eigenvalue weighted by Crippen LogP contribution is -2.24. The monoisotopic (exact) mass is 242 g/mol. The molecule has 0 unspecified atom stereocenters. The Hall–Kier alpha value is -1.40. The average molecular weight is 242 g/mol. The number of rotatable bonds is 4. The van der Waals surface area contributed by atoms with Crippen LogP contribution in [0.1, 0.15) is 5.56 Å². The Morgan fingerprint density at radius 1 is 1.31 bits per heavy atom. The minimum absolute atomic E-state index is 0.0801. The Bertz CT molecular complexity index is 495. The number of primary amides is 1. The van der Waals surface area contributed by atoms with Gasteiger partial charge in [-0.2, -0.15) is 0 Å². The van der Waals surface area contributed by atoms with Crippen LogP contribution in [0, 0.1) is 0 Å². The van der Waals surface area contributed by atoms with Crippen molar-refractivity contribution in [1.29, 1.82) is 0 Å². The van der Waals surface area contributed by atoms with Gasteiger partial charge in [-0.15, -0.1) is 0 Å². The summed E-state index contributed by atoms with van der Waals surface area (Å²) in [7, 11) is -0.646. The summed E-state index contributed by atoms with van der Waals surface area (Å²) in [4.78, 5) is 11.0. The molecule has 1 aromatic carbocycles. The predicted octanol–water partition coefficient (Wildman–Crippen LogP) is -0.0353. The van der Waals surface area contributed by atoms with Crippen molar-refractivity contribution in [3.63, 3.8) is 0 Å². The van der Waals surface area contributed by atoms with Crippen LogP contribution in [0.3, 0.4) is 0 Å². The van der Waals surface area contributed by atoms with Crippen LogP contribution in [0.2, 0.25) is 0 Å². The van der Waals surface area contributed by atoms with Crippen molar-refractivity contribution < 1.29 is 13.2 Å². The summed E-state index contributed by atoms with van der Waals surface area (Å²) in [6, 6.07) is 6.34. The lowest BCUT2D eigenvalue weighted by atomic mass is 10.1. The van der Waals surface area contributed by atoms with Gasteiger partial charge in [-0.1, -0.05) is 18.2 Å². The first kappa shape index (κ1) is 12.7. The van der Waals surface area contributed by atoms with Gasteiger partial charge in [0.05, 0.1) is 11.3 Å². The van der Waals surface area contributed by atoms with E-state index < -0.39 is 15.9 Å². The van der Waals surface area contributed by atoms with Gasteiger partial charge < -0.3 is 5.73 Å². The second-order valence-corrected chi connectivity index (χ2v) is 5.66. The maximum Gasteiger partial charge on any atom is 0.242 e. The van der Waals surface area contributed by atoms with Gasteiger partial charge >= 0.3 is 0 Å². The van der Waals surface area contributed by atoms with E-state index in [0.717, 1.165) is 4.31 Å². The summed E-state index contributed by atoms with van der Waals surface area (Å²) in [5.41, 5.74) is 5.49. The van der Waals surface area contributed by atoms with E-state index in [4.69, 9.17) is 5.73 Å². The fourth-order valence-electron chi connectivity index (χ4n) is 1.29. The Kier molecular flexibility index (Phi) is 3.66. The minimum atomic E-state index is -3.53. The van der Waals surface area contributed by atoms with Crippen molar-refractivity contribution in [1.82, 2.24) is 4.31 Å². The maximum absolute atomic E-state index is 11.9. The lowest BCUT2D eigenvalue weighted by Gasteiger charge is -2.14. The van der Waals surface area contributed by atoms with E-state index >= 15 is 0 Å². The van der Waals surface area contributed by atoms with E-state index in [1.807, 2.05) is 0 Å². The van der Waals surface area contributed by atoms with E-state index in [1.165, 1.54) is 20.2 Å². The Morgan fingerprint density at radius 3 is 2.38 bits per heavy atom. The highest BCUT2D eigenvalue weighted by molar-refractivity contribution is 7.89. The van der Waals surface area contributed by atoms with E-state index in [2.05, 4.69) is 0 Å². The predicted molar refractivity (Wildman–Crippen MR) is 60.2 cm³/mol. The maximum atomic E-state index is 11.9. The molecule has 0 saturated carbocycles. The highest BCUT2D eigenvalue weighted by atomic mass is 32.2. The molecule has 5 nitrogen and oxygen atoms in total. The van der Waals surface area contributed by atoms with Crippen LogP contribution in [0.25, 0.3) is 0 Å². The molecule has 0 saturated heterocycles. The summed E-state index contributed by atoms with van der Waals surface area (Å²) >= 11 is 0. The van der Waals surface area contributed by atoms with Crippen molar-refractivity contribution in [3.8, 4) is 0 Å². The quantitative estimate of drug-likeness (QED) is 0.804. The Balaban J connectivity index is 3.29. The molecule has 0 aromatic heterocycles. The van der Waals surface area contributed by atoms with Gasteiger partial charge in [0, 0.05) is 14.1 Å². The summed E-state index contributed by atoms with van der Waals surface area (Å²) in [6.45, 7) is 0. The molecule has 0 aliphatic carbocycles. The number of nitrogens with zero attached hydrogens (tertiary/aromatic N) is 1. The number of nitrogens with two attached hydrogens (primary N) is 1. The number of sulfonamides is 1. The van der Waals surface area contributed by atoms with E-state index in [0.29, 0.717) is 5.56 Å². The smallest absolute Gasteiger partial charge is 0.242 e. The second-order valence-electron chi connectivity index (χ2n) is 3.54. The van der Waals surface area contributed by atoms with Gasteiger partial charge in [-0.3, -0.25) is 4.79 Å². The largest absolute Gasteiger partial charge is 0.369 e. The fourth-order valence-corrected chi connectivity index (χ4v) is 2.40. The van der Waals surface area contributed by atoms with Gasteiger partial charge in [0.1, 0.15) is 0 Å². The molecule has 0 aliphatic heterocycles. The zero-order valence-corrected chi connectivity index (χ0v) is 9.99. The number of carbonyl (C=O) groups excluding carboxylic acids is 1. The van der Waals surface area contributed by atoms with Gasteiger partial charge in [0.25, 0.3) is 0 Å². The third kappa shape index (κ3) is 2.59. The number of benzene rings is 1. The SMILES string of the molecule is CN(C)S(=O)(=O)c1ccccc1CC(N)=O. The number of hydrogen-bond acceptors (Lipinski definition) is 3. The minimum Gasteiger partial charge on any atom is -0.369 e. The molecule has 0 radical (unpaired) electrons. The molecular formula is C10H14N2O3S. The third-order valence-corrected chi connectivity index (χ3v) is 4.01. The van der Waals surface area contributed by atoms with Gasteiger partial charge in [-0.05, 0) is 11.6 Å². The number of carbonyl (C=O) groups is 1. The molecule has 0 atom stereocenters. The number of amides is 1. The zero-order chi connectivity index (χ0) is 12.3. The topological polar surface area (TPSA) is 80.5 Å². The molecule has 0 bridgehead atoms. The van der Waals surface area contributed by atoms with E-state index in [1.54, 1.807) is 18.2 Å². The summed E-state index contributed by atoms with van der Waals surface area (Å²) in [5.74, 6) is -0.554. The molecule has 1 aromatic rings. The standard InChI is InChI=1S/C10H14N2O3S/c1-12(2)16(14,15)9-6-4-3-5-8(9)7-10(11)13/h3-6H,7H2,1-2H3,(H2,11,13). The molecule has 6 heteroatoms. The zero-order valence-electron chi connectivity index (χ0n) is 9.17. The van der Waals surface area contributed by atoms with Crippen LogP contribution >= 0.6 is 0 Å². The molecule has 16 heavy (non-hydrogen) atoms. The molecule has 0 spiro atoms. The van der Waals surface area contributed by atoms with E-state index in [-0.39, 0.29) is 11.3 Å². The molecule has 1 amide bonds. The number of hydrogen-bond donors (Lipinski definition) is 1. The van der Waals surface area contributed by atoms with Gasteiger partial charge in [-0.25, -0.2) is 12.7 Å². The van der Waals surface area contributed by atoms with Gasteiger partial charge in [0.2, 0.25) is 15.9 Å². The van der Waals surface area contributed by atoms with Crippen molar-refractivity contribution in [3.05, 3.63) is 29.8 Å². The first-order valence-electron chi connectivity index (χ1n) is 4.64. The molecule has 88 valence electrons. The fraction of sp³-hybridized carbons (Fsp3) is 0.300. The summed E-state index contributed by atoms with van der Waals surface area (Å²) < 4.78 is 24.9. The van der Waals surface area contributed by atoms with Crippen LogP contribution in [-0.4, -0.2) is 32.7 Å². The van der Waals surface area contributed by atoms with Crippen LogP contribution in [-0.2, 0) is 21.2 Å². The van der Waals surface area contributed by atoms with Crippen molar-refractivity contribution >= 4 is 15.9 Å². The Labute approximate surface area is 94.9 Å². The van der Waals surface area contributed by atoms with Crippen molar-refractivity contribution in [2.24, 2.45) is 5.73 Å². The molecular weight excluding hydrogens is 228 g/mol. The molecule has 2 N–H and O–H groups in total. The molecule has 0 aliphatic rings. The highest BCUT2D eigenvalue weighted by Gasteiger charge is 2.21. The highest BCUT2D eigenvalue weighted by Crippen LogP contribution is 2.18. The Morgan fingerprint density at radius 2 is 1.88 bits per heavy atom. The van der Waals surface area contributed by atoms with Crippen molar-refractivity contribution in [2.45, 2.75) is 11.3 Å². The summed E-state index contributed by atoms with van der Waals surface area (Å²) in [6.07, 6.45) is -0.0801. The first-order valence-corrected chi connectivity index (χ1v) is 6.08. The second kappa shape index (κ2) is 4.63. The molecule has 1 rings (SSSR count). The van der Waals surface area contributed by atoms with Gasteiger partial charge in [0.15, 0.2) is 0 Å². The molecule has 0 heterocycles. The van der Waals surface area contributed by atoms with Crippen LogP contribution < -0.4 is 5.73 Å². The van der Waals surface area contributed by atoms with Crippen LogP contribution in [0.15, 0.2) is 29.2 Å². The normalized spacial score (nSPS) is 11.7.